The van der Waals surface area contributed by atoms with Crippen LogP contribution in [0, 0.1) is 0 Å². The molecule has 18 heavy (non-hydrogen) atoms. The van der Waals surface area contributed by atoms with Gasteiger partial charge in [-0.25, -0.2) is 0 Å². The molecule has 1 aromatic heterocycles. The van der Waals surface area contributed by atoms with Gasteiger partial charge in [-0.2, -0.15) is 4.98 Å². The summed E-state index contributed by atoms with van der Waals surface area (Å²) in [5.74, 6) is 1.32. The molecule has 0 aliphatic carbocycles. The fraction of sp³-hybridized carbons (Fsp3) is 0.833. The molecular weight excluding hydrogens is 234 g/mol. The highest BCUT2D eigenvalue weighted by atomic mass is 16.5. The van der Waals surface area contributed by atoms with E-state index in [0.717, 1.165) is 6.54 Å². The van der Waals surface area contributed by atoms with Gasteiger partial charge in [-0.1, -0.05) is 12.1 Å². The monoisotopic (exact) mass is 257 g/mol. The van der Waals surface area contributed by atoms with Gasteiger partial charge in [0.15, 0.2) is 5.82 Å². The predicted octanol–water partition coefficient (Wildman–Crippen LogP) is 0.814. The molecule has 0 fully saturated rings. The lowest BCUT2D eigenvalue weighted by Gasteiger charge is -2.14. The third kappa shape index (κ3) is 5.12. The second-order valence-corrected chi connectivity index (χ2v) is 4.27. The van der Waals surface area contributed by atoms with Crippen molar-refractivity contribution in [3.8, 4) is 0 Å². The molecule has 2 unspecified atom stereocenters. The molecule has 0 aromatic carbocycles. The molecule has 0 aliphatic heterocycles. The average Bonchev–Trinajstić information content (AvgIpc) is 2.77. The second-order valence-electron chi connectivity index (χ2n) is 4.27. The summed E-state index contributed by atoms with van der Waals surface area (Å²) in [5, 5.41) is 7.26. The van der Waals surface area contributed by atoms with Gasteiger partial charge >= 0.3 is 0 Å². The molecule has 0 aliphatic rings. The molecule has 0 saturated carbocycles. The van der Waals surface area contributed by atoms with Gasteiger partial charge in [-0.3, -0.25) is 0 Å². The van der Waals surface area contributed by atoms with E-state index in [2.05, 4.69) is 22.4 Å². The van der Waals surface area contributed by atoms with Crippen molar-refractivity contribution in [2.45, 2.75) is 38.8 Å². The van der Waals surface area contributed by atoms with E-state index in [4.69, 9.17) is 14.0 Å². The first-order chi connectivity index (χ1) is 8.69. The Balaban J connectivity index is 2.50. The third-order valence-electron chi connectivity index (χ3n) is 2.66. The molecule has 0 radical (unpaired) electrons. The van der Waals surface area contributed by atoms with Gasteiger partial charge in [0.25, 0.3) is 0 Å². The van der Waals surface area contributed by atoms with Crippen LogP contribution in [-0.2, 0) is 22.3 Å². The Bertz CT molecular complexity index is 324. The van der Waals surface area contributed by atoms with Crippen LogP contribution in [-0.4, -0.2) is 49.7 Å². The number of nitrogens with zero attached hydrogens (tertiary/aromatic N) is 2. The average molecular weight is 257 g/mol. The quantitative estimate of drug-likeness (QED) is 0.706. The molecule has 0 spiro atoms. The first kappa shape index (κ1) is 15.1. The Morgan fingerprint density at radius 1 is 1.33 bits per heavy atom. The zero-order valence-electron chi connectivity index (χ0n) is 11.6. The van der Waals surface area contributed by atoms with Crippen LogP contribution >= 0.6 is 0 Å². The lowest BCUT2D eigenvalue weighted by atomic mass is 10.2. The van der Waals surface area contributed by atoms with Crippen molar-refractivity contribution in [1.82, 2.24) is 15.5 Å². The molecule has 2 atom stereocenters. The summed E-state index contributed by atoms with van der Waals surface area (Å²) in [7, 11) is 3.36. The Kier molecular flexibility index (Phi) is 6.85. The highest BCUT2D eigenvalue weighted by Gasteiger charge is 2.15. The van der Waals surface area contributed by atoms with Crippen molar-refractivity contribution < 1.29 is 14.0 Å². The molecule has 6 heteroatoms. The molecule has 1 heterocycles. The van der Waals surface area contributed by atoms with E-state index in [0.29, 0.717) is 31.2 Å². The maximum Gasteiger partial charge on any atom is 0.228 e. The number of hydrogen-bond acceptors (Lipinski definition) is 6. The van der Waals surface area contributed by atoms with Crippen LogP contribution in [0.4, 0.5) is 0 Å². The summed E-state index contributed by atoms with van der Waals surface area (Å²) in [6, 6.07) is 0.202. The minimum absolute atomic E-state index is 0.0963. The molecule has 0 saturated heterocycles. The molecule has 0 bridgehead atoms. The maximum atomic E-state index is 5.22. The summed E-state index contributed by atoms with van der Waals surface area (Å²) in [5.41, 5.74) is 0. The topological polar surface area (TPSA) is 69.4 Å². The van der Waals surface area contributed by atoms with E-state index < -0.39 is 0 Å². The third-order valence-corrected chi connectivity index (χ3v) is 2.66. The van der Waals surface area contributed by atoms with Crippen molar-refractivity contribution in [3.05, 3.63) is 11.7 Å². The van der Waals surface area contributed by atoms with E-state index in [1.54, 1.807) is 14.2 Å². The van der Waals surface area contributed by atoms with Crippen molar-refractivity contribution in [2.24, 2.45) is 0 Å². The maximum absolute atomic E-state index is 5.22. The Morgan fingerprint density at radius 3 is 2.72 bits per heavy atom. The largest absolute Gasteiger partial charge is 0.383 e. The normalized spacial score (nSPS) is 14.7. The molecule has 104 valence electrons. The Hall–Kier alpha value is -0.980. The molecule has 6 nitrogen and oxygen atoms in total. The van der Waals surface area contributed by atoms with Crippen LogP contribution in [0.25, 0.3) is 0 Å². The van der Waals surface area contributed by atoms with Gasteiger partial charge in [0.1, 0.15) is 0 Å². The number of nitrogens with one attached hydrogen (secondary N) is 1. The van der Waals surface area contributed by atoms with Crippen LogP contribution in [0.2, 0.25) is 0 Å². The first-order valence-electron chi connectivity index (χ1n) is 6.26. The molecule has 1 aromatic rings. The van der Waals surface area contributed by atoms with Crippen molar-refractivity contribution in [3.63, 3.8) is 0 Å². The smallest absolute Gasteiger partial charge is 0.228 e. The zero-order valence-corrected chi connectivity index (χ0v) is 11.6. The van der Waals surface area contributed by atoms with Gasteiger partial charge in [0.2, 0.25) is 5.89 Å². The fourth-order valence-electron chi connectivity index (χ4n) is 1.69. The zero-order chi connectivity index (χ0) is 13.4. The summed E-state index contributed by atoms with van der Waals surface area (Å²) in [6.45, 7) is 5.54. The number of rotatable bonds is 9. The van der Waals surface area contributed by atoms with Gasteiger partial charge in [0.05, 0.1) is 12.7 Å². The minimum atomic E-state index is 0.0963. The van der Waals surface area contributed by atoms with E-state index in [1.807, 2.05) is 6.92 Å². The lowest BCUT2D eigenvalue weighted by Crippen LogP contribution is -2.35. The van der Waals surface area contributed by atoms with E-state index >= 15 is 0 Å². The Morgan fingerprint density at radius 2 is 2.11 bits per heavy atom. The number of ether oxygens (including phenoxy) is 2. The minimum Gasteiger partial charge on any atom is -0.383 e. The van der Waals surface area contributed by atoms with Crippen LogP contribution < -0.4 is 5.32 Å². The van der Waals surface area contributed by atoms with Crippen LogP contribution in [0.5, 0.6) is 0 Å². The summed E-state index contributed by atoms with van der Waals surface area (Å²) in [4.78, 5) is 4.35. The molecule has 0 amide bonds. The Labute approximate surface area is 108 Å². The van der Waals surface area contributed by atoms with Crippen molar-refractivity contribution in [1.29, 1.82) is 0 Å². The number of methoxy groups -OCH3 is 2. The number of likely N-dealkylation sites (N-methyl/N-ethyl adjacent to an activating group) is 1. The van der Waals surface area contributed by atoms with Crippen LogP contribution in [0.1, 0.15) is 25.6 Å². The summed E-state index contributed by atoms with van der Waals surface area (Å²) in [6.07, 6.45) is 1.44. The van der Waals surface area contributed by atoms with Gasteiger partial charge in [-0.05, 0) is 13.5 Å². The highest BCUT2D eigenvalue weighted by Crippen LogP contribution is 2.05. The van der Waals surface area contributed by atoms with Crippen molar-refractivity contribution >= 4 is 0 Å². The first-order valence-corrected chi connectivity index (χ1v) is 6.26. The highest BCUT2D eigenvalue weighted by molar-refractivity contribution is 4.91. The number of aromatic nitrogens is 2. The van der Waals surface area contributed by atoms with Crippen LogP contribution in [0.15, 0.2) is 4.52 Å². The van der Waals surface area contributed by atoms with Crippen LogP contribution in [0.3, 0.4) is 0 Å². The molecule has 1 rings (SSSR count). The second kappa shape index (κ2) is 8.18. The summed E-state index contributed by atoms with van der Waals surface area (Å²) >= 11 is 0. The SMILES string of the molecule is CCNC(COC)Cc1nc(CC(C)OC)no1. The van der Waals surface area contributed by atoms with Gasteiger partial charge in [0, 0.05) is 33.1 Å². The van der Waals surface area contributed by atoms with E-state index in [9.17, 15) is 0 Å². The van der Waals surface area contributed by atoms with E-state index in [-0.39, 0.29) is 12.1 Å². The summed E-state index contributed by atoms with van der Waals surface area (Å²) < 4.78 is 15.5. The molecular formula is C12H23N3O3. The standard InChI is InChI=1S/C12H23N3O3/c1-5-13-10(8-16-3)7-12-14-11(15-18-12)6-9(2)17-4/h9-10,13H,5-8H2,1-4H3. The van der Waals surface area contributed by atoms with Gasteiger partial charge in [-0.15, -0.1) is 0 Å². The fourth-order valence-corrected chi connectivity index (χ4v) is 1.69. The van der Waals surface area contributed by atoms with Crippen molar-refractivity contribution in [2.75, 3.05) is 27.4 Å². The predicted molar refractivity (Wildman–Crippen MR) is 67.5 cm³/mol. The van der Waals surface area contributed by atoms with Gasteiger partial charge < -0.3 is 19.3 Å². The number of hydrogen-bond donors (Lipinski definition) is 1. The van der Waals surface area contributed by atoms with E-state index in [1.165, 1.54) is 0 Å². The lowest BCUT2D eigenvalue weighted by molar-refractivity contribution is 0.116. The molecule has 1 N–H and O–H groups in total.